The highest BCUT2D eigenvalue weighted by Crippen LogP contribution is 2.32. The second-order valence-electron chi connectivity index (χ2n) is 4.42. The smallest absolute Gasteiger partial charge is 0.194 e. The predicted octanol–water partition coefficient (Wildman–Crippen LogP) is 3.99. The standard InChI is InChI=1S/C14H14N2S/c1-9-4-6-12(7-5-9)13-11(3)16-8-10(2)15-14(16)17-13/h4-8H,1-3H3. The van der Waals surface area contributed by atoms with Crippen LogP contribution >= 0.6 is 11.3 Å². The SMILES string of the molecule is Cc1ccc(-c2sc3nc(C)cn3c2C)cc1. The van der Waals surface area contributed by atoms with Crippen molar-refractivity contribution in [2.75, 3.05) is 0 Å². The van der Waals surface area contributed by atoms with Gasteiger partial charge < -0.3 is 0 Å². The van der Waals surface area contributed by atoms with Gasteiger partial charge in [-0.2, -0.15) is 0 Å². The van der Waals surface area contributed by atoms with Gasteiger partial charge in [-0.25, -0.2) is 4.98 Å². The van der Waals surface area contributed by atoms with Crippen LogP contribution in [0.15, 0.2) is 30.5 Å². The summed E-state index contributed by atoms with van der Waals surface area (Å²) in [5, 5.41) is 0. The van der Waals surface area contributed by atoms with E-state index in [9.17, 15) is 0 Å². The topological polar surface area (TPSA) is 17.3 Å². The van der Waals surface area contributed by atoms with Gasteiger partial charge in [0.05, 0.1) is 10.6 Å². The van der Waals surface area contributed by atoms with Gasteiger partial charge >= 0.3 is 0 Å². The number of nitrogens with zero attached hydrogens (tertiary/aromatic N) is 2. The molecule has 2 heterocycles. The van der Waals surface area contributed by atoms with Crippen molar-refractivity contribution >= 4 is 16.3 Å². The number of imidazole rings is 1. The highest BCUT2D eigenvalue weighted by molar-refractivity contribution is 7.20. The summed E-state index contributed by atoms with van der Waals surface area (Å²) >= 11 is 1.76. The van der Waals surface area contributed by atoms with E-state index in [1.54, 1.807) is 11.3 Å². The van der Waals surface area contributed by atoms with E-state index in [0.717, 1.165) is 10.7 Å². The van der Waals surface area contributed by atoms with E-state index in [-0.39, 0.29) is 0 Å². The minimum absolute atomic E-state index is 1.08. The second-order valence-corrected chi connectivity index (χ2v) is 5.40. The van der Waals surface area contributed by atoms with E-state index < -0.39 is 0 Å². The largest absolute Gasteiger partial charge is 0.294 e. The molecule has 0 radical (unpaired) electrons. The van der Waals surface area contributed by atoms with Gasteiger partial charge in [0, 0.05) is 11.9 Å². The van der Waals surface area contributed by atoms with Crippen LogP contribution in [0.1, 0.15) is 17.0 Å². The lowest BCUT2D eigenvalue weighted by Gasteiger charge is -2.00. The molecule has 0 saturated carbocycles. The zero-order chi connectivity index (χ0) is 12.0. The minimum Gasteiger partial charge on any atom is -0.294 e. The fraction of sp³-hybridized carbons (Fsp3) is 0.214. The summed E-state index contributed by atoms with van der Waals surface area (Å²) in [5.41, 5.74) is 4.93. The molecule has 0 spiro atoms. The number of hydrogen-bond donors (Lipinski definition) is 0. The Balaban J connectivity index is 2.20. The van der Waals surface area contributed by atoms with Crippen molar-refractivity contribution in [3.8, 4) is 10.4 Å². The van der Waals surface area contributed by atoms with E-state index >= 15 is 0 Å². The van der Waals surface area contributed by atoms with Gasteiger partial charge in [0.25, 0.3) is 0 Å². The first kappa shape index (κ1) is 10.5. The number of rotatable bonds is 1. The third-order valence-electron chi connectivity index (χ3n) is 2.99. The maximum atomic E-state index is 4.52. The monoisotopic (exact) mass is 242 g/mol. The molecule has 0 amide bonds. The van der Waals surface area contributed by atoms with Crippen molar-refractivity contribution < 1.29 is 0 Å². The van der Waals surface area contributed by atoms with Crippen LogP contribution in [0.25, 0.3) is 15.4 Å². The average Bonchev–Trinajstić information content (AvgIpc) is 2.79. The molecule has 0 aliphatic heterocycles. The molecule has 86 valence electrons. The first-order valence-corrected chi connectivity index (χ1v) is 6.49. The Bertz CT molecular complexity index is 674. The van der Waals surface area contributed by atoms with Crippen molar-refractivity contribution in [3.63, 3.8) is 0 Å². The van der Waals surface area contributed by atoms with Gasteiger partial charge in [-0.05, 0) is 26.3 Å². The summed E-state index contributed by atoms with van der Waals surface area (Å²) in [6, 6.07) is 8.67. The Kier molecular flexibility index (Phi) is 2.30. The van der Waals surface area contributed by atoms with Crippen molar-refractivity contribution in [1.82, 2.24) is 9.38 Å². The van der Waals surface area contributed by atoms with Crippen LogP contribution in [0.2, 0.25) is 0 Å². The zero-order valence-corrected chi connectivity index (χ0v) is 11.0. The van der Waals surface area contributed by atoms with E-state index in [1.807, 2.05) is 6.92 Å². The molecule has 1 aromatic carbocycles. The van der Waals surface area contributed by atoms with Gasteiger partial charge in [0.1, 0.15) is 0 Å². The summed E-state index contributed by atoms with van der Waals surface area (Å²) in [5.74, 6) is 0. The lowest BCUT2D eigenvalue weighted by atomic mass is 10.1. The number of fused-ring (bicyclic) bond motifs is 1. The lowest BCUT2D eigenvalue weighted by molar-refractivity contribution is 1.13. The Morgan fingerprint density at radius 1 is 1.06 bits per heavy atom. The molecule has 3 rings (SSSR count). The maximum absolute atomic E-state index is 4.52. The van der Waals surface area contributed by atoms with Gasteiger partial charge in [-0.15, -0.1) is 0 Å². The molecule has 17 heavy (non-hydrogen) atoms. The summed E-state index contributed by atoms with van der Waals surface area (Å²) in [7, 11) is 0. The highest BCUT2D eigenvalue weighted by atomic mass is 32.1. The number of aryl methyl sites for hydroxylation is 3. The summed E-state index contributed by atoms with van der Waals surface area (Å²) < 4.78 is 2.18. The van der Waals surface area contributed by atoms with Crippen molar-refractivity contribution in [2.24, 2.45) is 0 Å². The molecule has 0 aliphatic carbocycles. The first-order chi connectivity index (χ1) is 8.15. The van der Waals surface area contributed by atoms with Crippen LogP contribution in [0.5, 0.6) is 0 Å². The molecule has 2 aromatic heterocycles. The second kappa shape index (κ2) is 3.70. The van der Waals surface area contributed by atoms with Crippen molar-refractivity contribution in [1.29, 1.82) is 0 Å². The van der Waals surface area contributed by atoms with Crippen molar-refractivity contribution in [3.05, 3.63) is 47.4 Å². The third-order valence-corrected chi connectivity index (χ3v) is 4.20. The Morgan fingerprint density at radius 3 is 2.41 bits per heavy atom. The zero-order valence-electron chi connectivity index (χ0n) is 10.2. The van der Waals surface area contributed by atoms with Crippen LogP contribution in [0.3, 0.4) is 0 Å². The van der Waals surface area contributed by atoms with Crippen LogP contribution in [-0.2, 0) is 0 Å². The molecule has 0 aliphatic rings. The van der Waals surface area contributed by atoms with Crippen LogP contribution in [0.4, 0.5) is 0 Å². The summed E-state index contributed by atoms with van der Waals surface area (Å²) in [6.07, 6.45) is 2.10. The number of aromatic nitrogens is 2. The molecule has 0 unspecified atom stereocenters. The van der Waals surface area contributed by atoms with Gasteiger partial charge in [0.15, 0.2) is 4.96 Å². The molecular weight excluding hydrogens is 228 g/mol. The van der Waals surface area contributed by atoms with E-state index in [2.05, 4.69) is 53.7 Å². The fourth-order valence-electron chi connectivity index (χ4n) is 2.04. The number of hydrogen-bond acceptors (Lipinski definition) is 2. The average molecular weight is 242 g/mol. The number of thiazole rings is 1. The molecule has 0 saturated heterocycles. The fourth-order valence-corrected chi connectivity index (χ4v) is 3.20. The number of benzene rings is 1. The van der Waals surface area contributed by atoms with Crippen LogP contribution < -0.4 is 0 Å². The predicted molar refractivity (Wildman–Crippen MR) is 72.7 cm³/mol. The van der Waals surface area contributed by atoms with E-state index in [4.69, 9.17) is 0 Å². The molecule has 0 fully saturated rings. The van der Waals surface area contributed by atoms with Gasteiger partial charge in [-0.3, -0.25) is 4.40 Å². The summed E-state index contributed by atoms with van der Waals surface area (Å²) in [4.78, 5) is 6.91. The normalized spacial score (nSPS) is 11.2. The first-order valence-electron chi connectivity index (χ1n) is 5.67. The van der Waals surface area contributed by atoms with E-state index in [0.29, 0.717) is 0 Å². The third kappa shape index (κ3) is 1.67. The molecule has 0 atom stereocenters. The molecule has 2 nitrogen and oxygen atoms in total. The Morgan fingerprint density at radius 2 is 1.76 bits per heavy atom. The highest BCUT2D eigenvalue weighted by Gasteiger charge is 2.11. The summed E-state index contributed by atoms with van der Waals surface area (Å²) in [6.45, 7) is 6.30. The Hall–Kier alpha value is -1.61. The van der Waals surface area contributed by atoms with Gasteiger partial charge in [0.2, 0.25) is 0 Å². The quantitative estimate of drug-likeness (QED) is 0.630. The van der Waals surface area contributed by atoms with E-state index in [1.165, 1.54) is 21.7 Å². The van der Waals surface area contributed by atoms with Crippen LogP contribution in [0, 0.1) is 20.8 Å². The maximum Gasteiger partial charge on any atom is 0.194 e. The Labute approximate surface area is 105 Å². The molecule has 0 N–H and O–H groups in total. The van der Waals surface area contributed by atoms with Crippen LogP contribution in [-0.4, -0.2) is 9.38 Å². The molecule has 3 aromatic rings. The van der Waals surface area contributed by atoms with Crippen molar-refractivity contribution in [2.45, 2.75) is 20.8 Å². The lowest BCUT2D eigenvalue weighted by Crippen LogP contribution is -1.83. The molecule has 3 heteroatoms. The molecule has 0 bridgehead atoms. The van der Waals surface area contributed by atoms with Gasteiger partial charge in [-0.1, -0.05) is 41.2 Å². The molecular formula is C14H14N2S. The minimum atomic E-state index is 1.08.